The first-order valence-corrected chi connectivity index (χ1v) is 10.6. The van der Waals surface area contributed by atoms with Gasteiger partial charge < -0.3 is 13.3 Å². The Labute approximate surface area is 158 Å². The van der Waals surface area contributed by atoms with Crippen LogP contribution in [-0.4, -0.2) is 30.3 Å². The fourth-order valence-corrected chi connectivity index (χ4v) is 3.57. The molecule has 1 heterocycles. The number of benzene rings is 2. The lowest BCUT2D eigenvalue weighted by molar-refractivity contribution is 0.131. The number of ether oxygens (including phenoxy) is 1. The van der Waals surface area contributed by atoms with Gasteiger partial charge in [-0.1, -0.05) is 31.2 Å². The molecule has 1 aromatic heterocycles. The maximum Gasteiger partial charge on any atom is 0.368 e. The van der Waals surface area contributed by atoms with Gasteiger partial charge in [0, 0.05) is 30.0 Å². The number of aromatic nitrogens is 1. The molecule has 0 aliphatic heterocycles. The van der Waals surface area contributed by atoms with Gasteiger partial charge in [0.15, 0.2) is 12.1 Å². The topological polar surface area (TPSA) is 82.0 Å². The number of aryl methyl sites for hydroxylation is 1. The molecule has 7 heteroatoms. The van der Waals surface area contributed by atoms with Crippen LogP contribution >= 0.6 is 0 Å². The number of rotatable bonds is 8. The Morgan fingerprint density at radius 1 is 1.22 bits per heavy atom. The summed E-state index contributed by atoms with van der Waals surface area (Å²) in [6.45, 7) is 4.79. The van der Waals surface area contributed by atoms with Gasteiger partial charge in [0.1, 0.15) is 5.76 Å². The van der Waals surface area contributed by atoms with Crippen LogP contribution in [0.5, 0.6) is 0 Å². The molecule has 0 bridgehead atoms. The molecule has 0 fully saturated rings. The van der Waals surface area contributed by atoms with Gasteiger partial charge >= 0.3 is 5.89 Å². The third kappa shape index (κ3) is 4.48. The Bertz CT molecular complexity index is 1080. The normalized spacial score (nSPS) is 12.8. The Balaban J connectivity index is 2.12. The Morgan fingerprint density at radius 2 is 2.00 bits per heavy atom. The standard InChI is InChI=1S/C20H23NO5S/c1-3-16(25-4-2)14-19-21-20-17-9-6-5-8-15(17)10-11-18(20)26(19)12-7-13-27(22,23)24/h5-6,8-11,14H,3-4,7,12-13H2,1-2H3. The van der Waals surface area contributed by atoms with E-state index in [9.17, 15) is 13.0 Å². The fraction of sp³-hybridized carbons (Fsp3) is 0.350. The van der Waals surface area contributed by atoms with E-state index in [4.69, 9.17) is 9.72 Å². The van der Waals surface area contributed by atoms with Gasteiger partial charge in [-0.2, -0.15) is 4.98 Å². The first kappa shape index (κ1) is 19.4. The first-order valence-electron chi connectivity index (χ1n) is 9.01. The number of hydrogen-bond acceptors (Lipinski definition) is 5. The number of oxazole rings is 1. The van der Waals surface area contributed by atoms with E-state index in [1.807, 2.05) is 56.3 Å². The van der Waals surface area contributed by atoms with Gasteiger partial charge in [-0.25, -0.2) is 8.42 Å². The molecule has 0 radical (unpaired) electrons. The van der Waals surface area contributed by atoms with Crippen LogP contribution in [0, 0.1) is 0 Å². The zero-order valence-corrected chi connectivity index (χ0v) is 16.3. The zero-order chi connectivity index (χ0) is 19.4. The SMILES string of the molecule is CCOC(=Cc1nc2c3ccccc3ccc2[o+]1CCCS(=O)(=O)[O-])CC. The molecule has 0 saturated heterocycles. The van der Waals surface area contributed by atoms with Crippen LogP contribution in [0.15, 0.2) is 46.2 Å². The number of hydrogen-bond donors (Lipinski definition) is 0. The third-order valence-electron chi connectivity index (χ3n) is 4.31. The summed E-state index contributed by atoms with van der Waals surface area (Å²) in [6.07, 6.45) is 2.77. The van der Waals surface area contributed by atoms with Gasteiger partial charge in [0.2, 0.25) is 0 Å². The van der Waals surface area contributed by atoms with E-state index in [1.54, 1.807) is 0 Å². The van der Waals surface area contributed by atoms with E-state index < -0.39 is 15.9 Å². The molecule has 0 spiro atoms. The summed E-state index contributed by atoms with van der Waals surface area (Å²) >= 11 is 0. The first-order chi connectivity index (χ1) is 12.9. The molecule has 2 aromatic carbocycles. The van der Waals surface area contributed by atoms with E-state index in [-0.39, 0.29) is 6.42 Å². The highest BCUT2D eigenvalue weighted by Crippen LogP contribution is 2.32. The van der Waals surface area contributed by atoms with Crippen molar-refractivity contribution in [3.63, 3.8) is 0 Å². The van der Waals surface area contributed by atoms with E-state index in [0.717, 1.165) is 27.6 Å². The minimum absolute atomic E-state index is 0.200. The second kappa shape index (κ2) is 8.10. The van der Waals surface area contributed by atoms with Crippen LogP contribution < -0.4 is 0 Å². The predicted octanol–water partition coefficient (Wildman–Crippen LogP) is 4.39. The minimum atomic E-state index is -4.25. The van der Waals surface area contributed by atoms with Crippen molar-refractivity contribution in [1.29, 1.82) is 0 Å². The van der Waals surface area contributed by atoms with Gasteiger partial charge in [-0.15, -0.1) is 0 Å². The molecule has 27 heavy (non-hydrogen) atoms. The second-order valence-electron chi connectivity index (χ2n) is 6.19. The smallest absolute Gasteiger partial charge is 0.368 e. The predicted molar refractivity (Wildman–Crippen MR) is 105 cm³/mol. The Kier molecular flexibility index (Phi) is 5.82. The van der Waals surface area contributed by atoms with Crippen LogP contribution in [0.4, 0.5) is 0 Å². The summed E-state index contributed by atoms with van der Waals surface area (Å²) < 4.78 is 41.5. The monoisotopic (exact) mass is 389 g/mol. The van der Waals surface area contributed by atoms with Crippen molar-refractivity contribution in [2.45, 2.75) is 33.3 Å². The van der Waals surface area contributed by atoms with Crippen molar-refractivity contribution in [3.05, 3.63) is 48.0 Å². The summed E-state index contributed by atoms with van der Waals surface area (Å²) in [5, 5.41) is 2.09. The zero-order valence-electron chi connectivity index (χ0n) is 15.5. The van der Waals surface area contributed by atoms with Crippen molar-refractivity contribution >= 4 is 38.1 Å². The number of allylic oxidation sites excluding steroid dienone is 1. The van der Waals surface area contributed by atoms with Crippen LogP contribution in [0.1, 0.15) is 32.6 Å². The summed E-state index contributed by atoms with van der Waals surface area (Å²) in [4.78, 5) is 4.77. The summed E-state index contributed by atoms with van der Waals surface area (Å²) in [7, 11) is -4.25. The highest BCUT2D eigenvalue weighted by atomic mass is 32.2. The molecule has 0 atom stereocenters. The van der Waals surface area contributed by atoms with Gasteiger partial charge in [0.25, 0.3) is 5.58 Å². The third-order valence-corrected chi connectivity index (χ3v) is 5.10. The van der Waals surface area contributed by atoms with Crippen LogP contribution in [0.25, 0.3) is 27.9 Å². The summed E-state index contributed by atoms with van der Waals surface area (Å²) in [5.74, 6) is 1.000. The average molecular weight is 389 g/mol. The fourth-order valence-electron chi connectivity index (χ4n) is 3.09. The molecule has 0 saturated carbocycles. The lowest BCUT2D eigenvalue weighted by atomic mass is 10.1. The van der Waals surface area contributed by atoms with E-state index in [2.05, 4.69) is 4.05 Å². The molecule has 3 aromatic rings. The lowest BCUT2D eigenvalue weighted by Gasteiger charge is -2.09. The van der Waals surface area contributed by atoms with Crippen LogP contribution in [-0.2, 0) is 21.5 Å². The van der Waals surface area contributed by atoms with Crippen LogP contribution in [0.2, 0.25) is 0 Å². The van der Waals surface area contributed by atoms with E-state index in [0.29, 0.717) is 25.5 Å². The Hall–Kier alpha value is -2.38. The Morgan fingerprint density at radius 3 is 2.70 bits per heavy atom. The quantitative estimate of drug-likeness (QED) is 0.324. The lowest BCUT2D eigenvalue weighted by Crippen LogP contribution is -2.05. The number of fused-ring (bicyclic) bond motifs is 3. The molecule has 0 amide bonds. The maximum atomic E-state index is 11.0. The minimum Gasteiger partial charge on any atom is -0.748 e. The van der Waals surface area contributed by atoms with Gasteiger partial charge in [-0.05, 0) is 18.4 Å². The summed E-state index contributed by atoms with van der Waals surface area (Å²) in [5.41, 5.74) is 1.65. The average Bonchev–Trinajstić information content (AvgIpc) is 2.98. The van der Waals surface area contributed by atoms with Gasteiger partial charge in [0.05, 0.1) is 22.8 Å². The van der Waals surface area contributed by atoms with Crippen LogP contribution in [0.3, 0.4) is 0 Å². The van der Waals surface area contributed by atoms with E-state index in [1.165, 1.54) is 0 Å². The van der Waals surface area contributed by atoms with E-state index >= 15 is 0 Å². The van der Waals surface area contributed by atoms with Gasteiger partial charge in [-0.3, -0.25) is 0 Å². The molecule has 0 N–H and O–H groups in total. The number of nitrogens with zero attached hydrogens (tertiary/aromatic N) is 1. The van der Waals surface area contributed by atoms with Crippen molar-refractivity contribution in [1.82, 2.24) is 4.98 Å². The largest absolute Gasteiger partial charge is 0.748 e. The maximum absolute atomic E-state index is 11.0. The molecule has 0 aliphatic rings. The summed E-state index contributed by atoms with van der Waals surface area (Å²) in [6, 6.07) is 11.9. The molecule has 144 valence electrons. The molecular formula is C20H23NO5S. The second-order valence-corrected chi connectivity index (χ2v) is 7.71. The molecule has 0 unspecified atom stereocenters. The molecule has 6 nitrogen and oxygen atoms in total. The van der Waals surface area contributed by atoms with Crippen molar-refractivity contribution < 1.29 is 21.8 Å². The molecular weight excluding hydrogens is 366 g/mol. The molecule has 3 rings (SSSR count). The van der Waals surface area contributed by atoms with Crippen molar-refractivity contribution in [2.24, 2.45) is 0 Å². The highest BCUT2D eigenvalue weighted by Gasteiger charge is 2.20. The molecule has 0 aliphatic carbocycles. The van der Waals surface area contributed by atoms with Crippen molar-refractivity contribution in [2.75, 3.05) is 12.4 Å². The highest BCUT2D eigenvalue weighted by molar-refractivity contribution is 7.85. The van der Waals surface area contributed by atoms with Crippen molar-refractivity contribution in [3.8, 4) is 0 Å².